The van der Waals surface area contributed by atoms with Crippen LogP contribution in [0.5, 0.6) is 0 Å². The van der Waals surface area contributed by atoms with Gasteiger partial charge in [0.25, 0.3) is 0 Å². The Hall–Kier alpha value is 0.254. The number of hydrogen-bond acceptors (Lipinski definition) is 6. The largest absolute Gasteiger partial charge is 2.00 e. The van der Waals surface area contributed by atoms with Crippen molar-refractivity contribution in [2.24, 2.45) is 0 Å². The summed E-state index contributed by atoms with van der Waals surface area (Å²) in [5.41, 5.74) is 0. The van der Waals surface area contributed by atoms with Crippen LogP contribution >= 0.6 is 0 Å². The van der Waals surface area contributed by atoms with Crippen LogP contribution in [0.4, 0.5) is 7.77 Å². The van der Waals surface area contributed by atoms with Crippen molar-refractivity contribution in [3.05, 3.63) is 0 Å². The fraction of sp³-hybridized carbons (Fsp3) is 0. The van der Waals surface area contributed by atoms with Crippen LogP contribution in [-0.4, -0.2) is 0 Å². The third-order valence-electron chi connectivity index (χ3n) is 0. The first-order valence-electron chi connectivity index (χ1n) is 0.975. The summed E-state index contributed by atoms with van der Waals surface area (Å²) in [4.78, 5) is 0. The first kappa shape index (κ1) is 16.1. The molecule has 4 nitrogen and oxygen atoms in total. The number of halogens is 2. The summed E-state index contributed by atoms with van der Waals surface area (Å²) in [5, 5.41) is 0. The molecule has 0 atom stereocenters. The third kappa shape index (κ3) is 5020. The molecule has 0 radical (unpaired) electrons. The Morgan fingerprint density at radius 2 is 0.778 bits per heavy atom. The summed E-state index contributed by atoms with van der Waals surface area (Å²) >= 11 is -6.72. The number of hydrogen-bond donors (Lipinski definition) is 0. The summed E-state index contributed by atoms with van der Waals surface area (Å²) in [7, 11) is 0. The fourth-order valence-corrected chi connectivity index (χ4v) is 0. The Morgan fingerprint density at radius 3 is 0.778 bits per heavy atom. The molecule has 0 aliphatic rings. The van der Waals surface area contributed by atoms with E-state index in [2.05, 4.69) is 0 Å². The first-order valence-corrected chi connectivity index (χ1v) is 2.93. The second-order valence-electron chi connectivity index (χ2n) is 0.388. The van der Waals surface area contributed by atoms with Crippen molar-refractivity contribution in [2.75, 3.05) is 0 Å². The molecule has 0 heterocycles. The SMILES string of the molecule is O=[S-](=O)F.O=[S-](=O)F.[Ni+2]. The topological polar surface area (TPSA) is 68.3 Å². The van der Waals surface area contributed by atoms with E-state index < -0.39 is 22.2 Å². The molecular weight excluding hydrogens is 225 g/mol. The molecule has 0 spiro atoms. The maximum atomic E-state index is 9.92. The van der Waals surface area contributed by atoms with E-state index in [9.17, 15) is 7.77 Å². The Balaban J connectivity index is -0.0000000720. The van der Waals surface area contributed by atoms with Gasteiger partial charge in [0.2, 0.25) is 0 Å². The van der Waals surface area contributed by atoms with E-state index in [0.717, 1.165) is 0 Å². The third-order valence-corrected chi connectivity index (χ3v) is 0. The predicted molar refractivity (Wildman–Crippen MR) is 19.7 cm³/mol. The molecule has 9 heteroatoms. The molecule has 0 aliphatic carbocycles. The van der Waals surface area contributed by atoms with Crippen molar-refractivity contribution in [3.63, 3.8) is 0 Å². The van der Waals surface area contributed by atoms with Crippen molar-refractivity contribution in [1.29, 1.82) is 0 Å². The van der Waals surface area contributed by atoms with Crippen LogP contribution in [0.2, 0.25) is 0 Å². The normalized spacial score (nSPS) is 7.56. The first-order chi connectivity index (χ1) is 3.46. The minimum Gasteiger partial charge on any atom is -0.392 e. The Kier molecular flexibility index (Phi) is 19.9. The van der Waals surface area contributed by atoms with Crippen LogP contribution < -0.4 is 0 Å². The Labute approximate surface area is 63.7 Å². The molecule has 0 rings (SSSR count). The molecular formula is F2NiO4S2. The van der Waals surface area contributed by atoms with Gasteiger partial charge in [-0.05, 0) is 0 Å². The average molecular weight is 225 g/mol. The van der Waals surface area contributed by atoms with Gasteiger partial charge in [-0.1, -0.05) is 0 Å². The average Bonchev–Trinajstić information content (AvgIpc) is 1.25. The van der Waals surface area contributed by atoms with Gasteiger partial charge >= 0.3 is 16.5 Å². The van der Waals surface area contributed by atoms with Crippen LogP contribution in [0.25, 0.3) is 0 Å². The van der Waals surface area contributed by atoms with Crippen LogP contribution in [0, 0.1) is 0 Å². The molecule has 0 amide bonds. The molecule has 60 valence electrons. The number of rotatable bonds is 0. The van der Waals surface area contributed by atoms with Gasteiger partial charge in [-0.2, -0.15) is 0 Å². The van der Waals surface area contributed by atoms with Gasteiger partial charge in [-0.25, -0.2) is 0 Å². The molecule has 0 aliphatic heterocycles. The van der Waals surface area contributed by atoms with Gasteiger partial charge in [0, 0.05) is 0 Å². The molecule has 0 N–H and O–H groups in total. The molecule has 0 aromatic rings. The summed E-state index contributed by atoms with van der Waals surface area (Å²) < 4.78 is 53.2. The van der Waals surface area contributed by atoms with Gasteiger partial charge in [-0.3, -0.25) is 0 Å². The summed E-state index contributed by atoms with van der Waals surface area (Å²) in [6, 6.07) is 0. The zero-order valence-electron chi connectivity index (χ0n) is 3.52. The van der Waals surface area contributed by atoms with Crippen molar-refractivity contribution in [2.45, 2.75) is 0 Å². The van der Waals surface area contributed by atoms with Gasteiger partial charge in [0.1, 0.15) is 0 Å². The predicted octanol–water partition coefficient (Wildman–Crippen LogP) is 0.358. The zero-order valence-corrected chi connectivity index (χ0v) is 6.14. The van der Waals surface area contributed by atoms with E-state index in [1.54, 1.807) is 0 Å². The molecule has 0 aromatic carbocycles. The van der Waals surface area contributed by atoms with Crippen molar-refractivity contribution in [3.8, 4) is 0 Å². The van der Waals surface area contributed by atoms with Crippen LogP contribution in [0.1, 0.15) is 0 Å². The van der Waals surface area contributed by atoms with E-state index >= 15 is 0 Å². The molecule has 0 unspecified atom stereocenters. The molecule has 0 aromatic heterocycles. The van der Waals surface area contributed by atoms with Gasteiger partial charge in [0.05, 0.1) is 22.2 Å². The van der Waals surface area contributed by atoms with Gasteiger partial charge in [0.15, 0.2) is 0 Å². The summed E-state index contributed by atoms with van der Waals surface area (Å²) in [5.74, 6) is 0. The van der Waals surface area contributed by atoms with Crippen molar-refractivity contribution < 1.29 is 41.1 Å². The van der Waals surface area contributed by atoms with E-state index in [-0.39, 0.29) is 16.5 Å². The van der Waals surface area contributed by atoms with Crippen LogP contribution in [-0.2, 0) is 55.5 Å². The fourth-order valence-electron chi connectivity index (χ4n) is 0. The molecule has 0 bridgehead atoms. The molecule has 0 saturated heterocycles. The zero-order chi connectivity index (χ0) is 7.15. The summed E-state index contributed by atoms with van der Waals surface area (Å²) in [6.07, 6.45) is 0. The van der Waals surface area contributed by atoms with E-state index in [1.165, 1.54) is 0 Å². The Morgan fingerprint density at radius 1 is 0.778 bits per heavy atom. The quantitative estimate of drug-likeness (QED) is 0.339. The Bertz CT molecular complexity index is 133. The summed E-state index contributed by atoms with van der Waals surface area (Å²) in [6.45, 7) is 0. The van der Waals surface area contributed by atoms with Crippen molar-refractivity contribution >= 4 is 22.2 Å². The molecule has 9 heavy (non-hydrogen) atoms. The van der Waals surface area contributed by atoms with Gasteiger partial charge < -0.3 is 24.6 Å². The van der Waals surface area contributed by atoms with Crippen molar-refractivity contribution in [1.82, 2.24) is 0 Å². The minimum absolute atomic E-state index is 0. The molecule has 0 fully saturated rings. The monoisotopic (exact) mass is 224 g/mol. The van der Waals surface area contributed by atoms with Crippen LogP contribution in [0.15, 0.2) is 0 Å². The minimum atomic E-state index is -3.36. The second kappa shape index (κ2) is 11.1. The maximum absolute atomic E-state index is 9.92. The maximum Gasteiger partial charge on any atom is 2.00 e. The molecule has 0 saturated carbocycles. The smallest absolute Gasteiger partial charge is 0.392 e. The van der Waals surface area contributed by atoms with Crippen LogP contribution in [0.3, 0.4) is 0 Å². The van der Waals surface area contributed by atoms with E-state index in [1.807, 2.05) is 0 Å². The van der Waals surface area contributed by atoms with Gasteiger partial charge in [-0.15, -0.1) is 0 Å². The van der Waals surface area contributed by atoms with E-state index in [0.29, 0.717) is 0 Å². The van der Waals surface area contributed by atoms with E-state index in [4.69, 9.17) is 16.8 Å². The second-order valence-corrected chi connectivity index (χ2v) is 1.16. The standard InChI is InChI=1S/2FO2S.Ni/c2*1-4(2)3;/q2*-1;+2.